The fraction of sp³-hybridized carbons (Fsp3) is 0.684. The molecule has 15 heteroatoms. The van der Waals surface area contributed by atoms with Crippen LogP contribution in [0.5, 0.6) is 11.5 Å². The Bertz CT molecular complexity index is 2710. The van der Waals surface area contributed by atoms with Gasteiger partial charge in [0.1, 0.15) is 47.1 Å². The Morgan fingerprint density at radius 3 is 1.32 bits per heavy atom. The van der Waals surface area contributed by atoms with Crippen LogP contribution in [0.3, 0.4) is 0 Å². The molecule has 2 heterocycles. The Morgan fingerprint density at radius 1 is 0.560 bits per heavy atom. The molecule has 4 bridgehead atoms. The lowest BCUT2D eigenvalue weighted by molar-refractivity contribution is -0.180. The lowest BCUT2D eigenvalue weighted by atomic mass is 9.73. The second-order valence-corrected chi connectivity index (χ2v) is 28.3. The van der Waals surface area contributed by atoms with Crippen molar-refractivity contribution in [1.82, 2.24) is 0 Å². The highest BCUT2D eigenvalue weighted by Crippen LogP contribution is 2.57. The summed E-state index contributed by atoms with van der Waals surface area (Å²) in [6.07, 6.45) is 23.6. The maximum absolute atomic E-state index is 12.4. The third kappa shape index (κ3) is 19.8. The topological polar surface area (TPSA) is 198 Å². The van der Waals surface area contributed by atoms with Crippen molar-refractivity contribution < 1.29 is 67.4 Å². The molecule has 510 valence electrons. The lowest BCUT2D eigenvalue weighted by Gasteiger charge is -2.42. The van der Waals surface area contributed by atoms with E-state index in [2.05, 4.69) is 68.2 Å². The quantitative estimate of drug-likeness (QED) is 0.0583. The van der Waals surface area contributed by atoms with Crippen LogP contribution < -0.4 is 0 Å². The van der Waals surface area contributed by atoms with Crippen molar-refractivity contribution in [3.05, 3.63) is 90.5 Å². The minimum Gasteiger partial charge on any atom is -1.51 e. The van der Waals surface area contributed by atoms with E-state index in [1.807, 2.05) is 58.9 Å². The number of phenolic OH excluding ortho intramolecular Hbond substituents is 2. The monoisotopic (exact) mass is 1280 g/mol. The summed E-state index contributed by atoms with van der Waals surface area (Å²) in [4.78, 5) is 70.9. The molecular formula is C76H115O14P-2. The van der Waals surface area contributed by atoms with Gasteiger partial charge in [0.2, 0.25) is 0 Å². The first-order chi connectivity index (χ1) is 42.5. The predicted octanol–water partition coefficient (Wildman–Crippen LogP) is 17.9. The van der Waals surface area contributed by atoms with E-state index in [0.717, 1.165) is 76.2 Å². The number of benzene rings is 2. The van der Waals surface area contributed by atoms with Crippen LogP contribution in [0, 0.1) is 58.2 Å². The minimum atomic E-state index is -0.455. The van der Waals surface area contributed by atoms with Gasteiger partial charge in [0.05, 0.1) is 22.7 Å². The number of fused-ring (bicyclic) bond motifs is 2. The van der Waals surface area contributed by atoms with Gasteiger partial charge in [-0.1, -0.05) is 144 Å². The lowest BCUT2D eigenvalue weighted by Crippen LogP contribution is -2.45. The van der Waals surface area contributed by atoms with E-state index < -0.39 is 5.41 Å². The molecule has 0 spiro atoms. The van der Waals surface area contributed by atoms with Crippen molar-refractivity contribution in [3.8, 4) is 11.5 Å². The van der Waals surface area contributed by atoms with Gasteiger partial charge >= 0.3 is 35.8 Å². The molecule has 0 amide bonds. The number of phenols is 2. The first kappa shape index (κ1) is 78.0. The van der Waals surface area contributed by atoms with Crippen molar-refractivity contribution in [2.45, 2.75) is 273 Å². The summed E-state index contributed by atoms with van der Waals surface area (Å²) < 4.78 is 33.6. The average Bonchev–Trinajstić information content (AvgIpc) is 1.59. The van der Waals surface area contributed by atoms with Gasteiger partial charge in [-0.25, -0.2) is 9.59 Å². The van der Waals surface area contributed by atoms with Crippen molar-refractivity contribution in [2.24, 2.45) is 58.2 Å². The Hall–Kier alpha value is -5.49. The maximum atomic E-state index is 12.4. The molecular weight excluding hydrogens is 1170 g/mol. The molecule has 11 atom stereocenters. The second-order valence-electron chi connectivity index (χ2n) is 28.3. The number of ether oxygens (including phenoxy) is 6. The molecule has 8 fully saturated rings. The van der Waals surface area contributed by atoms with Crippen molar-refractivity contribution in [1.29, 1.82) is 0 Å². The summed E-state index contributed by atoms with van der Waals surface area (Å²) >= 11 is 0. The number of hydrogen-bond donors (Lipinski definition) is 2. The zero-order valence-electron chi connectivity index (χ0n) is 58.0. The summed E-state index contributed by atoms with van der Waals surface area (Å²) in [5, 5.41) is 17.8. The largest absolute Gasteiger partial charge is 1.51 e. The van der Waals surface area contributed by atoms with Crippen LogP contribution in [0.25, 0.3) is 6.08 Å². The molecule has 2 aliphatic heterocycles. The first-order valence-corrected chi connectivity index (χ1v) is 34.4. The van der Waals surface area contributed by atoms with Gasteiger partial charge in [-0.05, 0) is 191 Å². The van der Waals surface area contributed by atoms with E-state index in [4.69, 9.17) is 38.6 Å². The predicted molar refractivity (Wildman–Crippen MR) is 362 cm³/mol. The summed E-state index contributed by atoms with van der Waals surface area (Å²) in [5.41, 5.74) is 1.93. The fourth-order valence-corrected chi connectivity index (χ4v) is 14.5. The van der Waals surface area contributed by atoms with Gasteiger partial charge in [-0.3, -0.25) is 19.2 Å². The highest BCUT2D eigenvalue weighted by atomic mass is 31.0. The van der Waals surface area contributed by atoms with E-state index in [-0.39, 0.29) is 105 Å². The minimum absolute atomic E-state index is 0. The fourth-order valence-electron chi connectivity index (χ4n) is 14.5. The zero-order chi connectivity index (χ0) is 66.9. The van der Waals surface area contributed by atoms with E-state index in [1.54, 1.807) is 44.2 Å². The molecule has 2 N–H and O–H groups in total. The van der Waals surface area contributed by atoms with E-state index >= 15 is 0 Å². The number of hydrogen-bond acceptors (Lipinski definition) is 14. The maximum Gasteiger partial charge on any atom is 0.333 e. The molecule has 10 rings (SSSR count). The Morgan fingerprint density at radius 2 is 0.945 bits per heavy atom. The SMILES string of the molecule is C=C(C)C(=O)OC(CC)(CC)C1CCCCC1.C=C(C)C(=O)OC1C2CC3C(=O)OC1C3C2.C=Cc1ccc(O)cc1.CCC(C)(C)C(=O)OC(CC)(CC)C1CCCCC1.CCC(C)(C)C(=O)OC1C2CC3C(=O)OC1C3C2.CCC(C)c1ccc(O)cc1.[PH-2]. The van der Waals surface area contributed by atoms with Gasteiger partial charge in [-0.15, -0.1) is 0 Å². The molecule has 0 aromatic heterocycles. The van der Waals surface area contributed by atoms with Crippen molar-refractivity contribution >= 4 is 51.8 Å². The van der Waals surface area contributed by atoms with Gasteiger partial charge in [0, 0.05) is 34.8 Å². The molecule has 11 unspecified atom stereocenters. The smallest absolute Gasteiger partial charge is 0.333 e. The standard InChI is InChI=1S/C17H32O2.C15H26O2.C14H20O4.C12H14O4.C10H14O.C8H8O.HP/c1-6-16(4,5)15(18)19-17(7-2,8-3)14-12-10-9-11-13-14;1-5-15(6-2,17-14(16)12(3)4)13-10-8-7-9-11-13;1-4-14(2,3)13(16)18-10-7-5-8-9(6-7)12(15)17-11(8)10;1-5(2)11(13)15-9-6-3-7-8(4-6)12(14)16-10(7)9;1-3-8(2)9-4-6-10(11)7-5-9;1-2-7-3-5-8(9)6-4-7;/h14H,6-13H2,1-5H3;13H,3,5-11H2,1-2,4H3;7-11H,4-6H2,1-3H3;6-10H,1,3-4H2,2H3;4-8,11H,3H2,1-2H3;2-6,9H,1H2;1H/q;;;;;;-2. The molecule has 91 heavy (non-hydrogen) atoms. The molecule has 0 radical (unpaired) electrons. The summed E-state index contributed by atoms with van der Waals surface area (Å²) in [6, 6.07) is 14.3. The number of carbonyl (C=O) groups excluding carboxylic acids is 6. The van der Waals surface area contributed by atoms with E-state index in [9.17, 15) is 28.8 Å². The van der Waals surface area contributed by atoms with Crippen LogP contribution in [0.2, 0.25) is 0 Å². The van der Waals surface area contributed by atoms with Crippen LogP contribution >= 0.6 is 9.90 Å². The van der Waals surface area contributed by atoms with Crippen molar-refractivity contribution in [3.63, 3.8) is 0 Å². The van der Waals surface area contributed by atoms with Crippen LogP contribution in [-0.4, -0.2) is 81.6 Å². The second kappa shape index (κ2) is 35.1. The highest BCUT2D eigenvalue weighted by Gasteiger charge is 2.64. The van der Waals surface area contributed by atoms with Crippen LogP contribution in [-0.2, 0) is 57.2 Å². The average molecular weight is 1280 g/mol. The van der Waals surface area contributed by atoms with E-state index in [0.29, 0.717) is 58.2 Å². The molecule has 2 saturated heterocycles. The Balaban J connectivity index is 0.000000236. The normalized spacial score (nSPS) is 25.3. The highest BCUT2D eigenvalue weighted by molar-refractivity contribution is 6.92. The van der Waals surface area contributed by atoms with Crippen LogP contribution in [0.4, 0.5) is 0 Å². The molecule has 2 aromatic carbocycles. The van der Waals surface area contributed by atoms with Crippen molar-refractivity contribution in [2.75, 3.05) is 0 Å². The Labute approximate surface area is 550 Å². The third-order valence-corrected chi connectivity index (χ3v) is 21.8. The molecule has 2 aromatic rings. The third-order valence-electron chi connectivity index (χ3n) is 21.8. The zero-order valence-corrected chi connectivity index (χ0v) is 59.0. The van der Waals surface area contributed by atoms with E-state index in [1.165, 1.54) is 69.8 Å². The van der Waals surface area contributed by atoms with Gasteiger partial charge in [-0.2, -0.15) is 0 Å². The molecule has 14 nitrogen and oxygen atoms in total. The number of aromatic hydroxyl groups is 2. The molecule has 8 aliphatic rings. The number of carbonyl (C=O) groups is 6. The van der Waals surface area contributed by atoms with Gasteiger partial charge in [0.25, 0.3) is 0 Å². The van der Waals surface area contributed by atoms with Crippen LogP contribution in [0.15, 0.2) is 79.4 Å². The summed E-state index contributed by atoms with van der Waals surface area (Å²) in [5.74, 6) is 2.71. The van der Waals surface area contributed by atoms with Gasteiger partial charge in [0.15, 0.2) is 0 Å². The molecule has 6 saturated carbocycles. The summed E-state index contributed by atoms with van der Waals surface area (Å²) in [7, 11) is 0. The summed E-state index contributed by atoms with van der Waals surface area (Å²) in [6.45, 7) is 38.9. The Kier molecular flexibility index (Phi) is 30.1. The first-order valence-electron chi connectivity index (χ1n) is 34.4. The number of esters is 6. The van der Waals surface area contributed by atoms with Crippen LogP contribution in [0.1, 0.15) is 249 Å². The number of rotatable bonds is 19. The molecule has 6 aliphatic carbocycles. The van der Waals surface area contributed by atoms with Gasteiger partial charge < -0.3 is 48.5 Å².